The molecule has 0 fully saturated rings. The van der Waals surface area contributed by atoms with Gasteiger partial charge in [-0.3, -0.25) is 9.52 Å². The number of nitrogens with one attached hydrogen (secondary N) is 2. The van der Waals surface area contributed by atoms with Crippen LogP contribution in [-0.2, 0) is 19.6 Å². The Morgan fingerprint density at radius 1 is 1.08 bits per heavy atom. The third-order valence-electron chi connectivity index (χ3n) is 3.01. The van der Waals surface area contributed by atoms with Gasteiger partial charge in [0.15, 0.2) is 0 Å². The minimum absolute atomic E-state index is 0.0327. The molecule has 1 heterocycles. The number of carbonyl (C=O) groups excluding carboxylic acids is 2. The first-order valence-corrected chi connectivity index (χ1v) is 8.79. The smallest absolute Gasteiger partial charge is 0.263 e. The molecule has 1 amide bonds. The second kappa shape index (κ2) is 7.74. The number of carbonyl (C=O) groups is 2. The van der Waals surface area contributed by atoms with E-state index in [9.17, 15) is 23.1 Å². The van der Waals surface area contributed by atoms with Gasteiger partial charge in [-0.15, -0.1) is 0 Å². The maximum atomic E-state index is 12.4. The highest BCUT2D eigenvalue weighted by Gasteiger charge is 2.15. The largest absolute Gasteiger partial charge is 0.545 e. The van der Waals surface area contributed by atoms with Gasteiger partial charge >= 0.3 is 0 Å². The zero-order valence-corrected chi connectivity index (χ0v) is 14.7. The highest BCUT2D eigenvalue weighted by molar-refractivity contribution is 7.92. The van der Waals surface area contributed by atoms with Crippen LogP contribution in [0.3, 0.4) is 0 Å². The van der Waals surface area contributed by atoms with Gasteiger partial charge in [0.2, 0.25) is 5.91 Å². The molecule has 2 N–H and O–H groups in total. The summed E-state index contributed by atoms with van der Waals surface area (Å²) < 4.78 is 27.1. The molecule has 0 unspecified atom stereocenters. The zero-order chi connectivity index (χ0) is 19.3. The maximum Gasteiger partial charge on any atom is 0.263 e. The Balaban J connectivity index is 2.13. The number of anilines is 2. The zero-order valence-electron chi connectivity index (χ0n) is 13.9. The van der Waals surface area contributed by atoms with Gasteiger partial charge in [-0.25, -0.2) is 18.4 Å². The first kappa shape index (κ1) is 19.1. The molecule has 0 aliphatic heterocycles. The lowest BCUT2D eigenvalue weighted by molar-refractivity contribution is -0.297. The lowest BCUT2D eigenvalue weighted by Crippen LogP contribution is -2.20. The van der Waals surface area contributed by atoms with Gasteiger partial charge in [-0.2, -0.15) is 0 Å². The Kier molecular flexibility index (Phi) is 5.68. The van der Waals surface area contributed by atoms with Gasteiger partial charge < -0.3 is 15.2 Å². The summed E-state index contributed by atoms with van der Waals surface area (Å²) in [6.45, 7) is 3.37. The Labute approximate surface area is 149 Å². The van der Waals surface area contributed by atoms with E-state index in [0.29, 0.717) is 23.3 Å². The summed E-state index contributed by atoms with van der Waals surface area (Å²) in [6.07, 6.45) is 1.38. The minimum Gasteiger partial charge on any atom is -0.545 e. The first-order chi connectivity index (χ1) is 12.2. The molecule has 10 heteroatoms. The predicted octanol–water partition coefficient (Wildman–Crippen LogP) is 0.139. The van der Waals surface area contributed by atoms with E-state index in [1.807, 2.05) is 0 Å². The second-order valence-corrected chi connectivity index (χ2v) is 6.90. The molecule has 0 saturated carbocycles. The number of sulfonamides is 1. The van der Waals surface area contributed by atoms with Crippen LogP contribution in [0.4, 0.5) is 11.5 Å². The second-order valence-electron chi connectivity index (χ2n) is 5.21. The van der Waals surface area contributed by atoms with Crippen LogP contribution in [0.1, 0.15) is 11.5 Å². The standard InChI is InChI=1S/C16H16N4O5S/c1-10-9-14(18-11(2)17-10)20-26(24,25)13-5-3-12(4-6-13)19-15(21)7-8-16(22)23/h3-9H,1-2H3,(H,19,21)(H,22,23)(H,17,18,20)/p-1/b8-7-. The van der Waals surface area contributed by atoms with Crippen molar-refractivity contribution in [3.63, 3.8) is 0 Å². The number of carboxylic acid groups (broad SMARTS) is 1. The quantitative estimate of drug-likeness (QED) is 0.684. The van der Waals surface area contributed by atoms with Gasteiger partial charge in [0, 0.05) is 23.5 Å². The highest BCUT2D eigenvalue weighted by Crippen LogP contribution is 2.17. The van der Waals surface area contributed by atoms with Crippen LogP contribution < -0.4 is 15.1 Å². The van der Waals surface area contributed by atoms with E-state index in [1.54, 1.807) is 13.8 Å². The van der Waals surface area contributed by atoms with Crippen molar-refractivity contribution in [2.24, 2.45) is 0 Å². The van der Waals surface area contributed by atoms with Crippen molar-refractivity contribution in [3.05, 3.63) is 54.0 Å². The SMILES string of the molecule is Cc1cc(NS(=O)(=O)c2ccc(NC(=O)/C=C\C(=O)[O-])cc2)nc(C)n1. The van der Waals surface area contributed by atoms with Crippen molar-refractivity contribution in [2.45, 2.75) is 18.7 Å². The number of aryl methyl sites for hydroxylation is 2. The third kappa shape index (κ3) is 5.38. The van der Waals surface area contributed by atoms with E-state index in [2.05, 4.69) is 20.0 Å². The van der Waals surface area contributed by atoms with Crippen LogP contribution in [0, 0.1) is 13.8 Å². The average molecular weight is 375 g/mol. The fraction of sp³-hybridized carbons (Fsp3) is 0.125. The number of aromatic nitrogens is 2. The number of rotatable bonds is 6. The van der Waals surface area contributed by atoms with Gasteiger partial charge in [0.1, 0.15) is 11.6 Å². The van der Waals surface area contributed by atoms with E-state index >= 15 is 0 Å². The molecule has 0 atom stereocenters. The van der Waals surface area contributed by atoms with Crippen molar-refractivity contribution >= 4 is 33.4 Å². The van der Waals surface area contributed by atoms with Gasteiger partial charge in [-0.1, -0.05) is 0 Å². The molecule has 1 aromatic carbocycles. The van der Waals surface area contributed by atoms with Crippen LogP contribution in [0.15, 0.2) is 47.4 Å². The van der Waals surface area contributed by atoms with Crippen LogP contribution in [0.25, 0.3) is 0 Å². The van der Waals surface area contributed by atoms with Gasteiger partial charge in [0.05, 0.1) is 10.9 Å². The summed E-state index contributed by atoms with van der Waals surface area (Å²) in [6, 6.07) is 6.83. The molecule has 0 spiro atoms. The summed E-state index contributed by atoms with van der Waals surface area (Å²) in [5.74, 6) is -1.59. The highest BCUT2D eigenvalue weighted by atomic mass is 32.2. The van der Waals surface area contributed by atoms with Crippen molar-refractivity contribution in [1.29, 1.82) is 0 Å². The Morgan fingerprint density at radius 3 is 2.31 bits per heavy atom. The molecule has 0 radical (unpaired) electrons. The monoisotopic (exact) mass is 375 g/mol. The lowest BCUT2D eigenvalue weighted by atomic mass is 10.3. The molecule has 1 aromatic heterocycles. The lowest BCUT2D eigenvalue weighted by Gasteiger charge is -2.09. The summed E-state index contributed by atoms with van der Waals surface area (Å²) in [5.41, 5.74) is 0.920. The predicted molar refractivity (Wildman–Crippen MR) is 91.5 cm³/mol. The van der Waals surface area contributed by atoms with E-state index < -0.39 is 21.9 Å². The molecule has 0 bridgehead atoms. The Morgan fingerprint density at radius 2 is 1.73 bits per heavy atom. The van der Waals surface area contributed by atoms with Gasteiger partial charge in [0.25, 0.3) is 10.0 Å². The van der Waals surface area contributed by atoms with Gasteiger partial charge in [-0.05, 0) is 44.2 Å². The molecule has 0 aliphatic carbocycles. The van der Waals surface area contributed by atoms with E-state index in [1.165, 1.54) is 30.3 Å². The number of hydrogen-bond donors (Lipinski definition) is 2. The number of carboxylic acids is 1. The number of amides is 1. The molecule has 0 aliphatic rings. The molecular formula is C16H15N4O5S-. The van der Waals surface area contributed by atoms with Crippen molar-refractivity contribution in [1.82, 2.24) is 9.97 Å². The molecule has 2 aromatic rings. The van der Waals surface area contributed by atoms with Crippen LogP contribution >= 0.6 is 0 Å². The number of nitrogens with zero attached hydrogens (tertiary/aromatic N) is 2. The molecule has 136 valence electrons. The van der Waals surface area contributed by atoms with Crippen molar-refractivity contribution in [3.8, 4) is 0 Å². The Bertz CT molecular complexity index is 948. The molecule has 2 rings (SSSR count). The first-order valence-electron chi connectivity index (χ1n) is 7.31. The van der Waals surface area contributed by atoms with Crippen LogP contribution in [0.2, 0.25) is 0 Å². The van der Waals surface area contributed by atoms with E-state index in [4.69, 9.17) is 0 Å². The van der Waals surface area contributed by atoms with Crippen LogP contribution in [0.5, 0.6) is 0 Å². The summed E-state index contributed by atoms with van der Waals surface area (Å²) in [7, 11) is -3.87. The fourth-order valence-electron chi connectivity index (χ4n) is 2.01. The Hall–Kier alpha value is -3.27. The summed E-state index contributed by atoms with van der Waals surface area (Å²) >= 11 is 0. The molecular weight excluding hydrogens is 360 g/mol. The van der Waals surface area contributed by atoms with Crippen molar-refractivity contribution in [2.75, 3.05) is 10.0 Å². The van der Waals surface area contributed by atoms with Crippen molar-refractivity contribution < 1.29 is 23.1 Å². The minimum atomic E-state index is -3.87. The van der Waals surface area contributed by atoms with E-state index in [0.717, 1.165) is 6.08 Å². The summed E-state index contributed by atoms with van der Waals surface area (Å²) in [4.78, 5) is 29.8. The summed E-state index contributed by atoms with van der Waals surface area (Å²) in [5, 5.41) is 12.6. The number of aliphatic carboxylic acids is 1. The fourth-order valence-corrected chi connectivity index (χ4v) is 3.00. The average Bonchev–Trinajstić information content (AvgIpc) is 2.52. The van der Waals surface area contributed by atoms with E-state index in [-0.39, 0.29) is 10.7 Å². The topological polar surface area (TPSA) is 141 Å². The number of hydrogen-bond acceptors (Lipinski definition) is 7. The molecule has 0 saturated heterocycles. The normalized spacial score (nSPS) is 11.3. The third-order valence-corrected chi connectivity index (χ3v) is 4.38. The molecule has 9 nitrogen and oxygen atoms in total. The molecule has 26 heavy (non-hydrogen) atoms. The number of benzene rings is 1. The van der Waals surface area contributed by atoms with Crippen LogP contribution in [-0.4, -0.2) is 30.3 Å². The maximum absolute atomic E-state index is 12.4.